The van der Waals surface area contributed by atoms with Gasteiger partial charge >= 0.3 is 0 Å². The molecule has 8 heteroatoms. The van der Waals surface area contributed by atoms with Gasteiger partial charge in [-0.15, -0.1) is 0 Å². The number of amides is 2. The molecule has 1 unspecified atom stereocenters. The number of anilines is 1. The molecule has 1 saturated heterocycles. The second-order valence-electron chi connectivity index (χ2n) is 8.89. The summed E-state index contributed by atoms with van der Waals surface area (Å²) in [6, 6.07) is 20.9. The Kier molecular flexibility index (Phi) is 9.28. The Bertz CT molecular complexity index is 1310. The minimum Gasteiger partial charge on any atom is -0.494 e. The standard InChI is InChI=1S/C30H31N3O4S/c1-3-5-7-21-9-11-22(12-10-21)18-27-29(35)33(23-13-15-24(16-14-23)36-4-2)30(38-27)26(19-31)28(34)32-20-25-8-6-17-37-25/h6,8-17,27H,3-5,7,18,20H2,1-2H3,(H,32,34)/b30-26-. The molecule has 1 atom stereocenters. The number of hydrogen-bond acceptors (Lipinski definition) is 6. The molecule has 38 heavy (non-hydrogen) atoms. The molecule has 2 heterocycles. The third-order valence-corrected chi connectivity index (χ3v) is 7.44. The number of carbonyl (C=O) groups is 2. The maximum atomic E-state index is 13.7. The fraction of sp³-hybridized carbons (Fsp3) is 0.300. The molecule has 1 fully saturated rings. The molecule has 0 saturated carbocycles. The van der Waals surface area contributed by atoms with Crippen molar-refractivity contribution in [3.8, 4) is 11.8 Å². The summed E-state index contributed by atoms with van der Waals surface area (Å²) < 4.78 is 10.8. The van der Waals surface area contributed by atoms with Crippen molar-refractivity contribution in [3.05, 3.63) is 94.4 Å². The highest BCUT2D eigenvalue weighted by molar-refractivity contribution is 8.05. The highest BCUT2D eigenvalue weighted by Crippen LogP contribution is 2.42. The zero-order valence-electron chi connectivity index (χ0n) is 21.6. The van der Waals surface area contributed by atoms with Gasteiger partial charge in [0.2, 0.25) is 5.91 Å². The number of nitrogens with zero attached hydrogens (tertiary/aromatic N) is 2. The van der Waals surface area contributed by atoms with E-state index in [1.807, 2.05) is 13.0 Å². The van der Waals surface area contributed by atoms with Gasteiger partial charge in [0.05, 0.1) is 24.7 Å². The van der Waals surface area contributed by atoms with Crippen LogP contribution < -0.4 is 15.0 Å². The van der Waals surface area contributed by atoms with Crippen molar-refractivity contribution in [2.75, 3.05) is 11.5 Å². The SMILES string of the molecule is CCCCc1ccc(CC2S/C(=C(/C#N)C(=O)NCc3ccco3)N(c3ccc(OCC)cc3)C2=O)cc1. The number of unbranched alkanes of at least 4 members (excludes halogenated alkanes) is 1. The van der Waals surface area contributed by atoms with Crippen molar-refractivity contribution in [2.45, 2.75) is 51.3 Å². The van der Waals surface area contributed by atoms with Gasteiger partial charge in [-0.05, 0) is 73.7 Å². The largest absolute Gasteiger partial charge is 0.494 e. The topological polar surface area (TPSA) is 95.6 Å². The number of benzene rings is 2. The van der Waals surface area contributed by atoms with Gasteiger partial charge in [0.15, 0.2) is 0 Å². The third kappa shape index (κ3) is 6.48. The fourth-order valence-electron chi connectivity index (χ4n) is 4.19. The van der Waals surface area contributed by atoms with E-state index in [0.717, 1.165) is 24.8 Å². The molecule has 1 aromatic heterocycles. The average Bonchev–Trinajstić information content (AvgIpc) is 3.56. The Labute approximate surface area is 227 Å². The molecule has 0 radical (unpaired) electrons. The molecule has 1 aliphatic rings. The monoisotopic (exact) mass is 529 g/mol. The van der Waals surface area contributed by atoms with Gasteiger partial charge in [-0.1, -0.05) is 49.4 Å². The maximum Gasteiger partial charge on any atom is 0.265 e. The van der Waals surface area contributed by atoms with E-state index in [-0.39, 0.29) is 18.0 Å². The van der Waals surface area contributed by atoms with Crippen molar-refractivity contribution >= 4 is 29.3 Å². The summed E-state index contributed by atoms with van der Waals surface area (Å²) in [5.41, 5.74) is 2.77. The molecule has 7 nitrogen and oxygen atoms in total. The lowest BCUT2D eigenvalue weighted by Gasteiger charge is -2.19. The molecular weight excluding hydrogens is 498 g/mol. The van der Waals surface area contributed by atoms with E-state index in [2.05, 4.69) is 36.5 Å². The Hall–Kier alpha value is -3.96. The van der Waals surface area contributed by atoms with Crippen LogP contribution in [-0.4, -0.2) is 23.7 Å². The first-order valence-electron chi connectivity index (χ1n) is 12.8. The Morgan fingerprint density at radius 2 is 1.84 bits per heavy atom. The molecule has 2 aromatic carbocycles. The van der Waals surface area contributed by atoms with Crippen LogP contribution in [0, 0.1) is 11.3 Å². The molecule has 0 aliphatic carbocycles. The minimum atomic E-state index is -0.559. The van der Waals surface area contributed by atoms with E-state index in [1.165, 1.54) is 28.5 Å². The van der Waals surface area contributed by atoms with Gasteiger partial charge in [-0.3, -0.25) is 14.5 Å². The number of nitrogens with one attached hydrogen (secondary N) is 1. The average molecular weight is 530 g/mol. The van der Waals surface area contributed by atoms with E-state index in [9.17, 15) is 14.9 Å². The zero-order chi connectivity index (χ0) is 26.9. The molecule has 1 N–H and O–H groups in total. The molecule has 1 aliphatic heterocycles. The Morgan fingerprint density at radius 3 is 2.47 bits per heavy atom. The van der Waals surface area contributed by atoms with Crippen molar-refractivity contribution < 1.29 is 18.7 Å². The molecule has 3 aromatic rings. The number of furan rings is 1. The van der Waals surface area contributed by atoms with Gasteiger partial charge in [0.1, 0.15) is 28.2 Å². The van der Waals surface area contributed by atoms with E-state index in [1.54, 1.807) is 36.4 Å². The molecule has 2 amide bonds. The number of nitriles is 1. The van der Waals surface area contributed by atoms with Crippen LogP contribution >= 0.6 is 11.8 Å². The molecular formula is C30H31N3O4S. The highest BCUT2D eigenvalue weighted by Gasteiger charge is 2.40. The third-order valence-electron chi connectivity index (χ3n) is 6.18. The quantitative estimate of drug-likeness (QED) is 0.251. The van der Waals surface area contributed by atoms with Crippen LogP contribution in [0.15, 0.2) is 81.9 Å². The minimum absolute atomic E-state index is 0.110. The summed E-state index contributed by atoms with van der Waals surface area (Å²) in [5.74, 6) is 0.517. The van der Waals surface area contributed by atoms with Crippen molar-refractivity contribution in [2.24, 2.45) is 0 Å². The van der Waals surface area contributed by atoms with Crippen molar-refractivity contribution in [3.63, 3.8) is 0 Å². The summed E-state index contributed by atoms with van der Waals surface area (Å²) in [5, 5.41) is 12.6. The number of ether oxygens (including phenoxy) is 1. The highest BCUT2D eigenvalue weighted by atomic mass is 32.2. The fourth-order valence-corrected chi connectivity index (χ4v) is 5.49. The number of thioether (sulfide) groups is 1. The predicted octanol–water partition coefficient (Wildman–Crippen LogP) is 5.76. The van der Waals surface area contributed by atoms with Gasteiger partial charge in [-0.2, -0.15) is 5.26 Å². The summed E-state index contributed by atoms with van der Waals surface area (Å²) in [6.45, 7) is 4.73. The van der Waals surface area contributed by atoms with Crippen LogP contribution in [0.4, 0.5) is 5.69 Å². The maximum absolute atomic E-state index is 13.7. The second-order valence-corrected chi connectivity index (χ2v) is 10.1. The number of rotatable bonds is 11. The van der Waals surface area contributed by atoms with Gasteiger partial charge in [0.25, 0.3) is 5.91 Å². The van der Waals surface area contributed by atoms with Crippen LogP contribution in [-0.2, 0) is 29.0 Å². The summed E-state index contributed by atoms with van der Waals surface area (Å²) >= 11 is 1.25. The van der Waals surface area contributed by atoms with Crippen molar-refractivity contribution in [1.82, 2.24) is 5.32 Å². The molecule has 196 valence electrons. The first-order chi connectivity index (χ1) is 18.5. The lowest BCUT2D eigenvalue weighted by Crippen LogP contribution is -2.32. The molecule has 4 rings (SSSR count). The van der Waals surface area contributed by atoms with Crippen LogP contribution in [0.1, 0.15) is 43.6 Å². The Balaban J connectivity index is 1.62. The summed E-state index contributed by atoms with van der Waals surface area (Å²) in [6.07, 6.45) is 5.32. The van der Waals surface area contributed by atoms with E-state index in [4.69, 9.17) is 9.15 Å². The Morgan fingerprint density at radius 1 is 1.11 bits per heavy atom. The van der Waals surface area contributed by atoms with E-state index in [0.29, 0.717) is 35.3 Å². The van der Waals surface area contributed by atoms with Crippen molar-refractivity contribution in [1.29, 1.82) is 5.26 Å². The first kappa shape index (κ1) is 27.1. The van der Waals surface area contributed by atoms with Crippen LogP contribution in [0.2, 0.25) is 0 Å². The van der Waals surface area contributed by atoms with Gasteiger partial charge in [-0.25, -0.2) is 0 Å². The molecule has 0 bridgehead atoms. The molecule has 0 spiro atoms. The zero-order valence-corrected chi connectivity index (χ0v) is 22.4. The lowest BCUT2D eigenvalue weighted by atomic mass is 10.0. The van der Waals surface area contributed by atoms with Crippen LogP contribution in [0.3, 0.4) is 0 Å². The number of carbonyl (C=O) groups excluding carboxylic acids is 2. The first-order valence-corrected chi connectivity index (χ1v) is 13.7. The lowest BCUT2D eigenvalue weighted by molar-refractivity contribution is -0.117. The van der Waals surface area contributed by atoms with Crippen LogP contribution in [0.25, 0.3) is 0 Å². The summed E-state index contributed by atoms with van der Waals surface area (Å²) in [4.78, 5) is 28.3. The predicted molar refractivity (Wildman–Crippen MR) is 148 cm³/mol. The number of hydrogen-bond donors (Lipinski definition) is 1. The number of aryl methyl sites for hydroxylation is 1. The second kappa shape index (κ2) is 13.0. The van der Waals surface area contributed by atoms with Crippen LogP contribution in [0.5, 0.6) is 5.75 Å². The smallest absolute Gasteiger partial charge is 0.265 e. The van der Waals surface area contributed by atoms with E-state index >= 15 is 0 Å². The normalized spacial score (nSPS) is 16.3. The van der Waals surface area contributed by atoms with Gasteiger partial charge in [0, 0.05) is 5.69 Å². The summed E-state index contributed by atoms with van der Waals surface area (Å²) in [7, 11) is 0. The van der Waals surface area contributed by atoms with E-state index < -0.39 is 11.2 Å². The van der Waals surface area contributed by atoms with Gasteiger partial charge < -0.3 is 14.5 Å².